The summed E-state index contributed by atoms with van der Waals surface area (Å²) in [7, 11) is 0. The van der Waals surface area contributed by atoms with Crippen molar-refractivity contribution >= 4 is 5.95 Å². The highest BCUT2D eigenvalue weighted by Crippen LogP contribution is 2.27. The zero-order valence-corrected chi connectivity index (χ0v) is 14.8. The van der Waals surface area contributed by atoms with Crippen LogP contribution < -0.4 is 10.1 Å². The van der Waals surface area contributed by atoms with Crippen LogP contribution in [0.5, 0.6) is 5.75 Å². The second-order valence-corrected chi connectivity index (χ2v) is 7.06. The fourth-order valence-electron chi connectivity index (χ4n) is 3.18. The highest BCUT2D eigenvalue weighted by Gasteiger charge is 2.18. The number of ether oxygens (including phenoxy) is 1. The Labute approximate surface area is 144 Å². The minimum Gasteiger partial charge on any atom is -0.491 e. The van der Waals surface area contributed by atoms with Gasteiger partial charge in [0.1, 0.15) is 5.75 Å². The first-order valence-corrected chi connectivity index (χ1v) is 8.97. The van der Waals surface area contributed by atoms with Crippen LogP contribution in [0.25, 0.3) is 11.3 Å². The first kappa shape index (κ1) is 16.7. The molecule has 1 aliphatic rings. The zero-order chi connectivity index (χ0) is 16.9. The summed E-state index contributed by atoms with van der Waals surface area (Å²) in [6, 6.07) is 10.5. The number of rotatable bonds is 5. The Bertz CT molecular complexity index is 663. The van der Waals surface area contributed by atoms with E-state index in [9.17, 15) is 0 Å². The maximum Gasteiger partial charge on any atom is 0.223 e. The van der Waals surface area contributed by atoms with Crippen LogP contribution in [0.15, 0.2) is 36.5 Å². The second-order valence-electron chi connectivity index (χ2n) is 7.06. The van der Waals surface area contributed by atoms with Crippen LogP contribution >= 0.6 is 0 Å². The minimum absolute atomic E-state index is 0.163. The van der Waals surface area contributed by atoms with Crippen molar-refractivity contribution < 1.29 is 4.74 Å². The lowest BCUT2D eigenvalue weighted by Crippen LogP contribution is -2.26. The van der Waals surface area contributed by atoms with Gasteiger partial charge >= 0.3 is 0 Å². The molecular formula is C20H27N3O. The van der Waals surface area contributed by atoms with Gasteiger partial charge in [-0.3, -0.25) is 0 Å². The molecule has 0 radical (unpaired) electrons. The van der Waals surface area contributed by atoms with E-state index < -0.39 is 0 Å². The number of hydrogen-bond donors (Lipinski definition) is 1. The summed E-state index contributed by atoms with van der Waals surface area (Å²) < 4.78 is 5.78. The average Bonchev–Trinajstić information content (AvgIpc) is 2.57. The van der Waals surface area contributed by atoms with Crippen LogP contribution in [0.1, 0.15) is 46.5 Å². The molecule has 1 saturated carbocycles. The van der Waals surface area contributed by atoms with Gasteiger partial charge in [-0.2, -0.15) is 0 Å². The summed E-state index contributed by atoms with van der Waals surface area (Å²) in [4.78, 5) is 9.09. The highest BCUT2D eigenvalue weighted by molar-refractivity contribution is 5.62. The molecule has 1 aromatic carbocycles. The van der Waals surface area contributed by atoms with E-state index >= 15 is 0 Å². The number of nitrogens with zero attached hydrogens (tertiary/aromatic N) is 2. The van der Waals surface area contributed by atoms with Gasteiger partial charge in [0.05, 0.1) is 11.8 Å². The Morgan fingerprint density at radius 2 is 1.92 bits per heavy atom. The SMILES string of the molecule is CC1CCC(Nc2nccc(-c3cccc(OC(C)C)c3)n2)CC1. The predicted molar refractivity (Wildman–Crippen MR) is 98.3 cm³/mol. The van der Waals surface area contributed by atoms with Crippen molar-refractivity contribution in [2.75, 3.05) is 5.32 Å². The van der Waals surface area contributed by atoms with E-state index in [1.165, 1.54) is 25.7 Å². The van der Waals surface area contributed by atoms with Gasteiger partial charge in [-0.25, -0.2) is 9.97 Å². The molecule has 1 heterocycles. The Morgan fingerprint density at radius 1 is 1.12 bits per heavy atom. The van der Waals surface area contributed by atoms with Gasteiger partial charge < -0.3 is 10.1 Å². The summed E-state index contributed by atoms with van der Waals surface area (Å²) in [6.45, 7) is 6.40. The van der Waals surface area contributed by atoms with Crippen molar-refractivity contribution in [1.82, 2.24) is 9.97 Å². The summed E-state index contributed by atoms with van der Waals surface area (Å²) in [5, 5.41) is 3.50. The van der Waals surface area contributed by atoms with Crippen LogP contribution in [0, 0.1) is 5.92 Å². The Balaban J connectivity index is 1.73. The molecule has 0 aliphatic heterocycles. The smallest absolute Gasteiger partial charge is 0.223 e. The van der Waals surface area contributed by atoms with E-state index in [-0.39, 0.29) is 6.10 Å². The lowest BCUT2D eigenvalue weighted by molar-refractivity contribution is 0.242. The third kappa shape index (κ3) is 4.47. The van der Waals surface area contributed by atoms with Crippen LogP contribution in [-0.2, 0) is 0 Å². The maximum absolute atomic E-state index is 5.78. The lowest BCUT2D eigenvalue weighted by Gasteiger charge is -2.26. The fraction of sp³-hybridized carbons (Fsp3) is 0.500. The molecule has 0 atom stereocenters. The third-order valence-electron chi connectivity index (χ3n) is 4.51. The number of nitrogens with one attached hydrogen (secondary N) is 1. The molecule has 0 spiro atoms. The van der Waals surface area contributed by atoms with Gasteiger partial charge in [-0.1, -0.05) is 19.1 Å². The first-order chi connectivity index (χ1) is 11.6. The normalized spacial score (nSPS) is 20.8. The van der Waals surface area contributed by atoms with Crippen molar-refractivity contribution in [3.63, 3.8) is 0 Å². The van der Waals surface area contributed by atoms with Gasteiger partial charge in [-0.15, -0.1) is 0 Å². The van der Waals surface area contributed by atoms with Crippen LogP contribution in [0.2, 0.25) is 0 Å². The molecule has 0 bridgehead atoms. The quantitative estimate of drug-likeness (QED) is 0.847. The molecule has 1 N–H and O–H groups in total. The van der Waals surface area contributed by atoms with Gasteiger partial charge in [0, 0.05) is 17.8 Å². The predicted octanol–water partition coefficient (Wildman–Crippen LogP) is 4.92. The maximum atomic E-state index is 5.78. The Hall–Kier alpha value is -2.10. The largest absolute Gasteiger partial charge is 0.491 e. The Morgan fingerprint density at radius 3 is 2.67 bits per heavy atom. The molecule has 0 amide bonds. The summed E-state index contributed by atoms with van der Waals surface area (Å²) in [5.74, 6) is 2.44. The zero-order valence-electron chi connectivity index (χ0n) is 14.8. The summed E-state index contributed by atoms with van der Waals surface area (Å²) in [6.07, 6.45) is 6.96. The first-order valence-electron chi connectivity index (χ1n) is 8.97. The standard InChI is InChI=1S/C20H27N3O/c1-14(2)24-18-6-4-5-16(13-18)19-11-12-21-20(23-19)22-17-9-7-15(3)8-10-17/h4-6,11-15,17H,7-10H2,1-3H3,(H,21,22,23). The van der Waals surface area contributed by atoms with Crippen molar-refractivity contribution in [2.24, 2.45) is 5.92 Å². The molecule has 24 heavy (non-hydrogen) atoms. The number of benzene rings is 1. The molecular weight excluding hydrogens is 298 g/mol. The van der Waals surface area contributed by atoms with Crippen molar-refractivity contribution in [2.45, 2.75) is 58.6 Å². The van der Waals surface area contributed by atoms with E-state index in [1.54, 1.807) is 0 Å². The number of aromatic nitrogens is 2. The second kappa shape index (κ2) is 7.65. The lowest BCUT2D eigenvalue weighted by atomic mass is 9.87. The monoisotopic (exact) mass is 325 g/mol. The van der Waals surface area contributed by atoms with Gasteiger partial charge in [0.2, 0.25) is 5.95 Å². The number of hydrogen-bond acceptors (Lipinski definition) is 4. The van der Waals surface area contributed by atoms with E-state index in [4.69, 9.17) is 9.72 Å². The molecule has 3 rings (SSSR count). The van der Waals surface area contributed by atoms with Crippen LogP contribution in [0.3, 0.4) is 0 Å². The highest BCUT2D eigenvalue weighted by atomic mass is 16.5. The topological polar surface area (TPSA) is 47.0 Å². The van der Waals surface area contributed by atoms with E-state index in [0.717, 1.165) is 28.9 Å². The van der Waals surface area contributed by atoms with Crippen LogP contribution in [0.4, 0.5) is 5.95 Å². The van der Waals surface area contributed by atoms with E-state index in [2.05, 4.69) is 23.3 Å². The summed E-state index contributed by atoms with van der Waals surface area (Å²) >= 11 is 0. The molecule has 0 saturated heterocycles. The minimum atomic E-state index is 0.163. The van der Waals surface area contributed by atoms with Gasteiger partial charge in [0.15, 0.2) is 0 Å². The summed E-state index contributed by atoms with van der Waals surface area (Å²) in [5.41, 5.74) is 1.97. The van der Waals surface area contributed by atoms with Crippen molar-refractivity contribution in [3.05, 3.63) is 36.5 Å². The Kier molecular flexibility index (Phi) is 5.34. The van der Waals surface area contributed by atoms with Crippen LogP contribution in [-0.4, -0.2) is 22.1 Å². The third-order valence-corrected chi connectivity index (χ3v) is 4.51. The number of anilines is 1. The van der Waals surface area contributed by atoms with Crippen molar-refractivity contribution in [3.8, 4) is 17.0 Å². The van der Waals surface area contributed by atoms with Gasteiger partial charge in [0.25, 0.3) is 0 Å². The molecule has 1 aliphatic carbocycles. The average molecular weight is 325 g/mol. The van der Waals surface area contributed by atoms with E-state index in [1.807, 2.05) is 44.3 Å². The van der Waals surface area contributed by atoms with Gasteiger partial charge in [-0.05, 0) is 63.6 Å². The molecule has 0 unspecified atom stereocenters. The molecule has 1 aromatic heterocycles. The fourth-order valence-corrected chi connectivity index (χ4v) is 3.18. The van der Waals surface area contributed by atoms with E-state index in [0.29, 0.717) is 6.04 Å². The molecule has 1 fully saturated rings. The molecule has 4 heteroatoms. The molecule has 128 valence electrons. The molecule has 2 aromatic rings. The van der Waals surface area contributed by atoms with Crippen molar-refractivity contribution in [1.29, 1.82) is 0 Å². The molecule has 4 nitrogen and oxygen atoms in total.